The monoisotopic (exact) mass is 382 g/mol. The lowest BCUT2D eigenvalue weighted by Crippen LogP contribution is -2.08. The Morgan fingerprint density at radius 1 is 1.55 bits per heavy atom. The molecule has 0 saturated carbocycles. The second-order valence-corrected chi connectivity index (χ2v) is 5.39. The van der Waals surface area contributed by atoms with E-state index in [0.717, 1.165) is 12.1 Å². The van der Waals surface area contributed by atoms with Crippen LogP contribution in [0.15, 0.2) is 28.9 Å². The third kappa shape index (κ3) is 3.16. The molecule has 0 bridgehead atoms. The molecule has 20 heavy (non-hydrogen) atoms. The van der Waals surface area contributed by atoms with Crippen LogP contribution in [0.25, 0.3) is 0 Å². The number of nitrogen functional groups attached to an aromatic ring is 1. The molecule has 1 unspecified atom stereocenters. The summed E-state index contributed by atoms with van der Waals surface area (Å²) in [6.45, 7) is -3.07. The highest BCUT2D eigenvalue weighted by molar-refractivity contribution is 9.10. The lowest BCUT2D eigenvalue weighted by Gasteiger charge is -2.18. The molecule has 2 aromatic rings. The molecule has 1 aromatic carbocycles. The fourth-order valence-electron chi connectivity index (χ4n) is 1.41. The predicted octanol–water partition coefficient (Wildman–Crippen LogP) is 5.01. The van der Waals surface area contributed by atoms with Crippen molar-refractivity contribution in [2.45, 2.75) is 12.9 Å². The summed E-state index contributed by atoms with van der Waals surface area (Å²) >= 11 is 15.0. The topological polar surface area (TPSA) is 48.1 Å². The number of aromatic nitrogens is 1. The van der Waals surface area contributed by atoms with Crippen LogP contribution >= 0.6 is 39.1 Å². The first kappa shape index (κ1) is 10.7. The second-order valence-electron chi connectivity index (χ2n) is 3.69. The molecular formula is C13H10BrCl2FN2O. The molecule has 0 spiro atoms. The highest BCUT2D eigenvalue weighted by Crippen LogP contribution is 2.36. The Kier molecular flexibility index (Phi) is 3.28. The molecule has 0 aliphatic heterocycles. The van der Waals surface area contributed by atoms with Crippen LogP contribution in [0, 0.1) is 5.82 Å². The highest BCUT2D eigenvalue weighted by Gasteiger charge is 2.19. The summed E-state index contributed by atoms with van der Waals surface area (Å²) < 4.78 is 51.0. The van der Waals surface area contributed by atoms with Crippen LogP contribution in [0.4, 0.5) is 10.2 Å². The predicted molar refractivity (Wildman–Crippen MR) is 81.8 cm³/mol. The van der Waals surface area contributed by atoms with E-state index in [1.54, 1.807) is 0 Å². The molecule has 2 rings (SSSR count). The van der Waals surface area contributed by atoms with Gasteiger partial charge in [-0.05, 0) is 41.0 Å². The first-order valence-electron chi connectivity index (χ1n) is 7.21. The molecule has 0 amide bonds. The molecule has 7 heteroatoms. The van der Waals surface area contributed by atoms with Crippen molar-refractivity contribution in [3.05, 3.63) is 50.3 Å². The highest BCUT2D eigenvalue weighted by atomic mass is 79.9. The minimum Gasteiger partial charge on any atom is -0.482 e. The maximum Gasteiger partial charge on any atom is 0.166 e. The smallest absolute Gasteiger partial charge is 0.166 e. The van der Waals surface area contributed by atoms with E-state index < -0.39 is 29.3 Å². The molecule has 0 aliphatic carbocycles. The van der Waals surface area contributed by atoms with Gasteiger partial charge in [-0.25, -0.2) is 9.37 Å². The molecule has 2 N–H and O–H groups in total. The average molecular weight is 384 g/mol. The molecule has 0 aliphatic rings. The van der Waals surface area contributed by atoms with Gasteiger partial charge in [0, 0.05) is 25.4 Å². The van der Waals surface area contributed by atoms with E-state index >= 15 is 0 Å². The Labute approximate surface area is 139 Å². The molecule has 0 saturated heterocycles. The van der Waals surface area contributed by atoms with Crippen LogP contribution in [0.2, 0.25) is 10.0 Å². The number of halogens is 4. The Bertz CT molecular complexity index is 793. The number of nitrogens with two attached hydrogens (primary N) is 1. The van der Waals surface area contributed by atoms with Crippen molar-refractivity contribution in [1.29, 1.82) is 0 Å². The van der Waals surface area contributed by atoms with Crippen molar-refractivity contribution in [2.24, 2.45) is 0 Å². The molecule has 0 radical (unpaired) electrons. The van der Waals surface area contributed by atoms with Crippen molar-refractivity contribution in [2.75, 3.05) is 5.73 Å². The van der Waals surface area contributed by atoms with E-state index in [1.165, 1.54) is 12.3 Å². The van der Waals surface area contributed by atoms with Gasteiger partial charge in [0.05, 0.1) is 6.39 Å². The maximum atomic E-state index is 13.8. The van der Waals surface area contributed by atoms with E-state index in [2.05, 4.69) is 20.9 Å². The second kappa shape index (κ2) is 6.16. The van der Waals surface area contributed by atoms with Crippen LogP contribution < -0.4 is 10.5 Å². The molecular weight excluding hydrogens is 370 g/mol. The SMILES string of the molecule is [2H]C([2H])([2H])C([2H])(Oc1cc(Br)cnc1N)c1c(Cl)ccc(F)c1Cl. The molecule has 0 fully saturated rings. The van der Waals surface area contributed by atoms with Gasteiger partial charge in [0.15, 0.2) is 11.6 Å². The Morgan fingerprint density at radius 2 is 2.30 bits per heavy atom. The normalized spacial score (nSPS) is 17.4. The van der Waals surface area contributed by atoms with Crippen LogP contribution in [-0.2, 0) is 0 Å². The lowest BCUT2D eigenvalue weighted by molar-refractivity contribution is 0.227. The van der Waals surface area contributed by atoms with Gasteiger partial charge in [-0.15, -0.1) is 0 Å². The van der Waals surface area contributed by atoms with E-state index in [1.807, 2.05) is 0 Å². The van der Waals surface area contributed by atoms with Crippen molar-refractivity contribution < 1.29 is 14.6 Å². The Morgan fingerprint density at radius 3 is 3.00 bits per heavy atom. The number of rotatable bonds is 3. The van der Waals surface area contributed by atoms with E-state index in [4.69, 9.17) is 39.2 Å². The molecule has 1 heterocycles. The lowest BCUT2D eigenvalue weighted by atomic mass is 10.1. The zero-order valence-corrected chi connectivity index (χ0v) is 12.9. The van der Waals surface area contributed by atoms with E-state index in [0.29, 0.717) is 4.47 Å². The number of hydrogen-bond acceptors (Lipinski definition) is 3. The number of benzene rings is 1. The molecule has 3 nitrogen and oxygen atoms in total. The fraction of sp³-hybridized carbons (Fsp3) is 0.154. The van der Waals surface area contributed by atoms with Gasteiger partial charge in [-0.3, -0.25) is 0 Å². The summed E-state index contributed by atoms with van der Waals surface area (Å²) in [6, 6.07) is 3.39. The summed E-state index contributed by atoms with van der Waals surface area (Å²) in [6.07, 6.45) is -1.44. The van der Waals surface area contributed by atoms with E-state index in [9.17, 15) is 4.39 Å². The Balaban J connectivity index is 2.69. The number of nitrogens with zero attached hydrogens (tertiary/aromatic N) is 1. The van der Waals surface area contributed by atoms with Gasteiger partial charge in [0.2, 0.25) is 0 Å². The van der Waals surface area contributed by atoms with Gasteiger partial charge in [-0.1, -0.05) is 23.2 Å². The average Bonchev–Trinajstić information content (AvgIpc) is 2.46. The van der Waals surface area contributed by atoms with Crippen molar-refractivity contribution in [1.82, 2.24) is 4.98 Å². The van der Waals surface area contributed by atoms with Crippen LogP contribution in [-0.4, -0.2) is 4.98 Å². The fourth-order valence-corrected chi connectivity index (χ4v) is 2.26. The third-order valence-electron chi connectivity index (χ3n) is 2.33. The van der Waals surface area contributed by atoms with E-state index in [-0.39, 0.29) is 16.6 Å². The third-order valence-corrected chi connectivity index (χ3v) is 3.45. The quantitative estimate of drug-likeness (QED) is 0.757. The largest absolute Gasteiger partial charge is 0.482 e. The standard InChI is InChI=1S/C13H10BrCl2FN2O/c1-6(11-8(15)2-3-9(17)12(11)16)20-10-4-7(14)5-19-13(10)18/h2-6H,1H3,(H2,18,19)/i1D3,6D. The minimum absolute atomic E-state index is 0.150. The van der Waals surface area contributed by atoms with Crippen LogP contribution in [0.5, 0.6) is 5.75 Å². The van der Waals surface area contributed by atoms with Crippen molar-refractivity contribution in [3.63, 3.8) is 0 Å². The van der Waals surface area contributed by atoms with Gasteiger partial charge >= 0.3 is 0 Å². The molecule has 1 atom stereocenters. The number of anilines is 1. The van der Waals surface area contributed by atoms with Crippen molar-refractivity contribution in [3.8, 4) is 5.75 Å². The Hall–Kier alpha value is -1.04. The number of pyridine rings is 1. The summed E-state index contributed by atoms with van der Waals surface area (Å²) in [5.41, 5.74) is 5.14. The van der Waals surface area contributed by atoms with Gasteiger partial charge < -0.3 is 10.5 Å². The summed E-state index contributed by atoms with van der Waals surface area (Å²) in [5.74, 6) is -1.27. The minimum atomic E-state index is -3.07. The number of hydrogen-bond donors (Lipinski definition) is 1. The summed E-state index contributed by atoms with van der Waals surface area (Å²) in [5, 5.41) is -0.843. The number of ether oxygens (including phenoxy) is 1. The first-order chi connectivity index (χ1) is 11.0. The summed E-state index contributed by atoms with van der Waals surface area (Å²) in [4.78, 5) is 3.80. The van der Waals surface area contributed by atoms with Crippen LogP contribution in [0.3, 0.4) is 0 Å². The van der Waals surface area contributed by atoms with Crippen LogP contribution in [0.1, 0.15) is 24.0 Å². The molecule has 1 aromatic heterocycles. The van der Waals surface area contributed by atoms with Gasteiger partial charge in [0.1, 0.15) is 11.9 Å². The maximum absolute atomic E-state index is 13.8. The molecule has 106 valence electrons. The zero-order valence-electron chi connectivity index (χ0n) is 13.8. The van der Waals surface area contributed by atoms with Gasteiger partial charge in [-0.2, -0.15) is 0 Å². The zero-order chi connectivity index (χ0) is 18.3. The van der Waals surface area contributed by atoms with Gasteiger partial charge in [0.25, 0.3) is 0 Å². The summed E-state index contributed by atoms with van der Waals surface area (Å²) in [7, 11) is 0. The first-order valence-corrected chi connectivity index (χ1v) is 6.76. The van der Waals surface area contributed by atoms with Crippen molar-refractivity contribution >= 4 is 44.9 Å².